The van der Waals surface area contributed by atoms with Crippen LogP contribution >= 0.6 is 12.2 Å². The Morgan fingerprint density at radius 3 is 2.80 bits per heavy atom. The molecule has 1 aliphatic heterocycles. The van der Waals surface area contributed by atoms with E-state index in [4.69, 9.17) is 27.4 Å². The van der Waals surface area contributed by atoms with Gasteiger partial charge in [0.2, 0.25) is 6.79 Å². The molecule has 20 heavy (non-hydrogen) atoms. The summed E-state index contributed by atoms with van der Waals surface area (Å²) in [6, 6.07) is 5.20. The lowest BCUT2D eigenvalue weighted by molar-refractivity contribution is 0.0754. The highest BCUT2D eigenvalue weighted by Crippen LogP contribution is 2.32. The first kappa shape index (κ1) is 14.6. The summed E-state index contributed by atoms with van der Waals surface area (Å²) in [7, 11) is 0. The zero-order chi connectivity index (χ0) is 14.7. The molecule has 6 heteroatoms. The number of benzene rings is 1. The minimum Gasteiger partial charge on any atom is -0.454 e. The molecule has 1 heterocycles. The fourth-order valence-electron chi connectivity index (χ4n) is 1.99. The zero-order valence-electron chi connectivity index (χ0n) is 11.6. The number of amides is 1. The third-order valence-corrected chi connectivity index (χ3v) is 3.67. The maximum absolute atomic E-state index is 12.5. The lowest BCUT2D eigenvalue weighted by Crippen LogP contribution is -2.38. The van der Waals surface area contributed by atoms with Crippen LogP contribution < -0.4 is 15.2 Å². The highest BCUT2D eigenvalue weighted by molar-refractivity contribution is 7.80. The number of nitrogens with two attached hydrogens (primary N) is 1. The Morgan fingerprint density at radius 2 is 2.15 bits per heavy atom. The van der Waals surface area contributed by atoms with Gasteiger partial charge in [-0.3, -0.25) is 4.79 Å². The van der Waals surface area contributed by atoms with Gasteiger partial charge in [-0.05, 0) is 25.1 Å². The molecular formula is C14H18N2O3S. The molecule has 0 aliphatic carbocycles. The van der Waals surface area contributed by atoms with Crippen molar-refractivity contribution in [2.75, 3.05) is 19.9 Å². The fourth-order valence-corrected chi connectivity index (χ4v) is 2.06. The molecule has 2 N–H and O–H groups in total. The molecule has 0 bridgehead atoms. The standard InChI is InChI=1S/C14H18N2O3S/c1-3-16(7-9(2)13(15)20)14(17)10-4-5-11-12(6-10)19-8-18-11/h4-6,9H,3,7-8H2,1-2H3,(H2,15,20). The molecule has 0 saturated carbocycles. The summed E-state index contributed by atoms with van der Waals surface area (Å²) in [5.41, 5.74) is 6.18. The van der Waals surface area contributed by atoms with Crippen LogP contribution in [0.4, 0.5) is 0 Å². The van der Waals surface area contributed by atoms with Gasteiger partial charge in [-0.25, -0.2) is 0 Å². The zero-order valence-corrected chi connectivity index (χ0v) is 12.4. The monoisotopic (exact) mass is 294 g/mol. The minimum atomic E-state index is -0.0612. The molecule has 2 rings (SSSR count). The van der Waals surface area contributed by atoms with Gasteiger partial charge < -0.3 is 20.1 Å². The van der Waals surface area contributed by atoms with Crippen LogP contribution in [0.1, 0.15) is 24.2 Å². The van der Waals surface area contributed by atoms with Crippen molar-refractivity contribution in [1.82, 2.24) is 4.90 Å². The van der Waals surface area contributed by atoms with Crippen molar-refractivity contribution < 1.29 is 14.3 Å². The van der Waals surface area contributed by atoms with Crippen LogP contribution in [0.2, 0.25) is 0 Å². The number of fused-ring (bicyclic) bond motifs is 1. The molecule has 0 radical (unpaired) electrons. The molecule has 1 unspecified atom stereocenters. The smallest absolute Gasteiger partial charge is 0.254 e. The molecule has 0 aromatic heterocycles. The second-order valence-corrected chi connectivity index (χ2v) is 5.19. The van der Waals surface area contributed by atoms with Gasteiger partial charge in [0, 0.05) is 24.6 Å². The van der Waals surface area contributed by atoms with E-state index in [0.717, 1.165) is 0 Å². The Labute approximate surface area is 123 Å². The number of carbonyl (C=O) groups excluding carboxylic acids is 1. The van der Waals surface area contributed by atoms with Gasteiger partial charge in [0.25, 0.3) is 5.91 Å². The minimum absolute atomic E-state index is 0.0112. The summed E-state index contributed by atoms with van der Waals surface area (Å²) in [4.78, 5) is 14.6. The second kappa shape index (κ2) is 6.09. The number of carbonyl (C=O) groups is 1. The van der Waals surface area contributed by atoms with Gasteiger partial charge in [-0.1, -0.05) is 19.1 Å². The summed E-state index contributed by atoms with van der Waals surface area (Å²) in [5, 5.41) is 0. The van der Waals surface area contributed by atoms with E-state index in [1.54, 1.807) is 23.1 Å². The fraction of sp³-hybridized carbons (Fsp3) is 0.429. The molecule has 1 aromatic carbocycles. The molecule has 1 amide bonds. The predicted molar refractivity (Wildman–Crippen MR) is 80.1 cm³/mol. The van der Waals surface area contributed by atoms with Gasteiger partial charge >= 0.3 is 0 Å². The first-order valence-corrected chi connectivity index (χ1v) is 6.92. The van der Waals surface area contributed by atoms with E-state index in [2.05, 4.69) is 0 Å². The normalized spacial score (nSPS) is 13.9. The molecule has 5 nitrogen and oxygen atoms in total. The van der Waals surface area contributed by atoms with Crippen LogP contribution in [-0.2, 0) is 0 Å². The number of hydrogen-bond donors (Lipinski definition) is 1. The number of rotatable bonds is 5. The van der Waals surface area contributed by atoms with Gasteiger partial charge in [0.05, 0.1) is 4.99 Å². The van der Waals surface area contributed by atoms with E-state index in [0.29, 0.717) is 35.1 Å². The van der Waals surface area contributed by atoms with Crippen molar-refractivity contribution >= 4 is 23.1 Å². The SMILES string of the molecule is CCN(CC(C)C(N)=S)C(=O)c1ccc2c(c1)OCO2. The molecule has 0 spiro atoms. The molecule has 108 valence electrons. The van der Waals surface area contributed by atoms with E-state index < -0.39 is 0 Å². The maximum Gasteiger partial charge on any atom is 0.254 e. The van der Waals surface area contributed by atoms with E-state index in [1.807, 2.05) is 13.8 Å². The van der Waals surface area contributed by atoms with Gasteiger partial charge in [0.15, 0.2) is 11.5 Å². The van der Waals surface area contributed by atoms with Crippen LogP contribution in [0.5, 0.6) is 11.5 Å². The third-order valence-electron chi connectivity index (χ3n) is 3.27. The average Bonchev–Trinajstić information content (AvgIpc) is 2.90. The topological polar surface area (TPSA) is 64.8 Å². The lowest BCUT2D eigenvalue weighted by atomic mass is 10.1. The highest BCUT2D eigenvalue weighted by atomic mass is 32.1. The summed E-state index contributed by atoms with van der Waals surface area (Å²) >= 11 is 4.96. The summed E-state index contributed by atoms with van der Waals surface area (Å²) < 4.78 is 10.5. The molecule has 1 aromatic rings. The van der Waals surface area contributed by atoms with E-state index in [-0.39, 0.29) is 18.6 Å². The van der Waals surface area contributed by atoms with Crippen LogP contribution in [-0.4, -0.2) is 35.7 Å². The molecule has 1 atom stereocenters. The largest absolute Gasteiger partial charge is 0.454 e. The number of ether oxygens (including phenoxy) is 2. The van der Waals surface area contributed by atoms with Crippen LogP contribution in [0, 0.1) is 5.92 Å². The maximum atomic E-state index is 12.5. The van der Waals surface area contributed by atoms with Crippen molar-refractivity contribution in [1.29, 1.82) is 0 Å². The quantitative estimate of drug-likeness (QED) is 0.839. The molecule has 0 fully saturated rings. The van der Waals surface area contributed by atoms with Crippen molar-refractivity contribution in [3.8, 4) is 11.5 Å². The van der Waals surface area contributed by atoms with Gasteiger partial charge in [0.1, 0.15) is 0 Å². The first-order valence-electron chi connectivity index (χ1n) is 6.51. The Balaban J connectivity index is 2.14. The molecular weight excluding hydrogens is 276 g/mol. The van der Waals surface area contributed by atoms with Gasteiger partial charge in [-0.15, -0.1) is 0 Å². The van der Waals surface area contributed by atoms with Crippen molar-refractivity contribution in [2.24, 2.45) is 11.7 Å². The van der Waals surface area contributed by atoms with Crippen LogP contribution in [0.25, 0.3) is 0 Å². The summed E-state index contributed by atoms with van der Waals surface area (Å²) in [6.45, 7) is 5.15. The number of thiocarbonyl (C=S) groups is 1. The Kier molecular flexibility index (Phi) is 4.44. The Morgan fingerprint density at radius 1 is 1.45 bits per heavy atom. The molecule has 0 saturated heterocycles. The number of hydrogen-bond acceptors (Lipinski definition) is 4. The number of nitrogens with zero attached hydrogens (tertiary/aromatic N) is 1. The van der Waals surface area contributed by atoms with E-state index >= 15 is 0 Å². The highest BCUT2D eigenvalue weighted by Gasteiger charge is 2.21. The van der Waals surface area contributed by atoms with Crippen molar-refractivity contribution in [3.63, 3.8) is 0 Å². The van der Waals surface area contributed by atoms with Crippen molar-refractivity contribution in [2.45, 2.75) is 13.8 Å². The van der Waals surface area contributed by atoms with Crippen molar-refractivity contribution in [3.05, 3.63) is 23.8 Å². The summed E-state index contributed by atoms with van der Waals surface area (Å²) in [6.07, 6.45) is 0. The van der Waals surface area contributed by atoms with Crippen LogP contribution in [0.15, 0.2) is 18.2 Å². The Hall–Kier alpha value is -1.82. The lowest BCUT2D eigenvalue weighted by Gasteiger charge is -2.24. The van der Waals surface area contributed by atoms with E-state index in [1.165, 1.54) is 0 Å². The second-order valence-electron chi connectivity index (χ2n) is 4.72. The summed E-state index contributed by atoms with van der Waals surface area (Å²) in [5.74, 6) is 1.20. The average molecular weight is 294 g/mol. The van der Waals surface area contributed by atoms with Crippen LogP contribution in [0.3, 0.4) is 0 Å². The first-order chi connectivity index (χ1) is 9.52. The third kappa shape index (κ3) is 3.01. The van der Waals surface area contributed by atoms with Gasteiger partial charge in [-0.2, -0.15) is 0 Å². The molecule has 1 aliphatic rings. The van der Waals surface area contributed by atoms with E-state index in [9.17, 15) is 4.79 Å². The Bertz CT molecular complexity index is 533. The predicted octanol–water partition coefficient (Wildman–Crippen LogP) is 1.80.